The molecule has 5 heteroatoms. The van der Waals surface area contributed by atoms with Gasteiger partial charge in [0.15, 0.2) is 0 Å². The first-order valence-electron chi connectivity index (χ1n) is 6.00. The molecule has 0 fully saturated rings. The lowest BCUT2D eigenvalue weighted by molar-refractivity contribution is -0.108. The van der Waals surface area contributed by atoms with Crippen molar-refractivity contribution in [3.05, 3.63) is 47.5 Å². The predicted molar refractivity (Wildman–Crippen MR) is 72.1 cm³/mol. The Hall–Kier alpha value is -2.69. The van der Waals surface area contributed by atoms with E-state index < -0.39 is 5.92 Å². The highest BCUT2D eigenvalue weighted by atomic mass is 16.3. The number of phenolic OH excluding ortho intramolecular Hbond substituents is 4. The Bertz CT molecular complexity index is 596. The molecular formula is C15H14O5. The molecular weight excluding hydrogens is 260 g/mol. The lowest BCUT2D eigenvalue weighted by Gasteiger charge is -2.18. The minimum absolute atomic E-state index is 0.0523. The summed E-state index contributed by atoms with van der Waals surface area (Å²) in [5, 5.41) is 38.4. The van der Waals surface area contributed by atoms with Crippen molar-refractivity contribution in [1.29, 1.82) is 0 Å². The number of benzene rings is 2. The standard InChI is InChI=1S/C15H14O5/c16-6-5-12(9-1-3-10(17)4-2-9)15-13(19)7-11(18)8-14(15)20/h1-4,6-8,12,17-20H,5H2/t12-/m0/s1. The Morgan fingerprint density at radius 2 is 1.45 bits per heavy atom. The summed E-state index contributed by atoms with van der Waals surface area (Å²) in [7, 11) is 0. The van der Waals surface area contributed by atoms with Gasteiger partial charge in [0, 0.05) is 30.0 Å². The fourth-order valence-electron chi connectivity index (χ4n) is 2.19. The molecule has 2 rings (SSSR count). The second kappa shape index (κ2) is 5.52. The van der Waals surface area contributed by atoms with Crippen LogP contribution in [0.4, 0.5) is 0 Å². The molecule has 0 bridgehead atoms. The molecule has 0 amide bonds. The van der Waals surface area contributed by atoms with Crippen LogP contribution in [-0.4, -0.2) is 26.7 Å². The molecule has 1 atom stereocenters. The van der Waals surface area contributed by atoms with Crippen molar-refractivity contribution in [3.63, 3.8) is 0 Å². The monoisotopic (exact) mass is 274 g/mol. The van der Waals surface area contributed by atoms with E-state index in [0.717, 1.165) is 12.1 Å². The van der Waals surface area contributed by atoms with E-state index >= 15 is 0 Å². The second-order valence-electron chi connectivity index (χ2n) is 4.44. The molecule has 0 aromatic heterocycles. The Morgan fingerprint density at radius 1 is 0.900 bits per heavy atom. The van der Waals surface area contributed by atoms with E-state index in [1.807, 2.05) is 0 Å². The van der Waals surface area contributed by atoms with Gasteiger partial charge in [0.05, 0.1) is 0 Å². The lowest BCUT2D eigenvalue weighted by Crippen LogP contribution is -2.03. The summed E-state index contributed by atoms with van der Waals surface area (Å²) in [5.41, 5.74) is 0.826. The van der Waals surface area contributed by atoms with Gasteiger partial charge in [0.2, 0.25) is 0 Å². The quantitative estimate of drug-likeness (QED) is 0.641. The van der Waals surface area contributed by atoms with Gasteiger partial charge in [-0.15, -0.1) is 0 Å². The molecule has 0 aliphatic rings. The summed E-state index contributed by atoms with van der Waals surface area (Å²) in [6.07, 6.45) is 0.736. The highest BCUT2D eigenvalue weighted by Crippen LogP contribution is 2.41. The van der Waals surface area contributed by atoms with Crippen molar-refractivity contribution in [2.45, 2.75) is 12.3 Å². The van der Waals surface area contributed by atoms with E-state index in [-0.39, 0.29) is 35.0 Å². The Labute approximate surface area is 115 Å². The molecule has 104 valence electrons. The van der Waals surface area contributed by atoms with E-state index in [1.54, 1.807) is 12.1 Å². The van der Waals surface area contributed by atoms with Crippen LogP contribution in [0.3, 0.4) is 0 Å². The van der Waals surface area contributed by atoms with Gasteiger partial charge >= 0.3 is 0 Å². The van der Waals surface area contributed by atoms with E-state index in [0.29, 0.717) is 11.8 Å². The largest absolute Gasteiger partial charge is 0.508 e. The van der Waals surface area contributed by atoms with Crippen molar-refractivity contribution in [1.82, 2.24) is 0 Å². The molecule has 0 saturated carbocycles. The molecule has 0 unspecified atom stereocenters. The summed E-state index contributed by atoms with van der Waals surface area (Å²) in [6.45, 7) is 0. The first kappa shape index (κ1) is 13.7. The van der Waals surface area contributed by atoms with E-state index in [2.05, 4.69) is 0 Å². The Kier molecular flexibility index (Phi) is 3.79. The molecule has 0 aliphatic heterocycles. The van der Waals surface area contributed by atoms with Crippen molar-refractivity contribution >= 4 is 6.29 Å². The summed E-state index contributed by atoms with van der Waals surface area (Å²) in [5.74, 6) is -1.32. The average Bonchev–Trinajstić information content (AvgIpc) is 2.37. The first-order chi connectivity index (χ1) is 9.52. The Morgan fingerprint density at radius 3 is 1.95 bits per heavy atom. The van der Waals surface area contributed by atoms with Gasteiger partial charge in [0.25, 0.3) is 0 Å². The highest BCUT2D eigenvalue weighted by Gasteiger charge is 2.22. The van der Waals surface area contributed by atoms with Crippen LogP contribution in [-0.2, 0) is 4.79 Å². The molecule has 0 saturated heterocycles. The zero-order valence-electron chi connectivity index (χ0n) is 10.5. The molecule has 5 nitrogen and oxygen atoms in total. The van der Waals surface area contributed by atoms with Crippen LogP contribution in [0.2, 0.25) is 0 Å². The van der Waals surface area contributed by atoms with Gasteiger partial charge in [0.1, 0.15) is 29.3 Å². The third-order valence-electron chi connectivity index (χ3n) is 3.10. The smallest absolute Gasteiger partial charge is 0.126 e. The van der Waals surface area contributed by atoms with Crippen molar-refractivity contribution in [2.24, 2.45) is 0 Å². The van der Waals surface area contributed by atoms with Crippen LogP contribution in [0.1, 0.15) is 23.5 Å². The normalized spacial score (nSPS) is 12.0. The van der Waals surface area contributed by atoms with Gasteiger partial charge in [-0.1, -0.05) is 12.1 Å². The number of hydrogen-bond donors (Lipinski definition) is 4. The number of aromatic hydroxyl groups is 4. The summed E-state index contributed by atoms with van der Waals surface area (Å²) < 4.78 is 0. The van der Waals surface area contributed by atoms with E-state index in [4.69, 9.17) is 0 Å². The number of aldehydes is 1. The summed E-state index contributed by atoms with van der Waals surface area (Å²) in [6, 6.07) is 8.34. The molecule has 0 heterocycles. The highest BCUT2D eigenvalue weighted by molar-refractivity contribution is 5.59. The average molecular weight is 274 g/mol. The van der Waals surface area contributed by atoms with Crippen molar-refractivity contribution in [3.8, 4) is 23.0 Å². The molecule has 0 spiro atoms. The summed E-state index contributed by atoms with van der Waals surface area (Å²) in [4.78, 5) is 10.9. The first-order valence-corrected chi connectivity index (χ1v) is 6.00. The summed E-state index contributed by atoms with van der Waals surface area (Å²) >= 11 is 0. The number of phenols is 4. The predicted octanol–water partition coefficient (Wildman–Crippen LogP) is 2.23. The zero-order valence-corrected chi connectivity index (χ0v) is 10.5. The minimum Gasteiger partial charge on any atom is -0.508 e. The minimum atomic E-state index is -0.561. The molecule has 2 aromatic carbocycles. The topological polar surface area (TPSA) is 98.0 Å². The number of hydrogen-bond acceptors (Lipinski definition) is 5. The molecule has 0 aliphatic carbocycles. The van der Waals surface area contributed by atoms with Crippen molar-refractivity contribution in [2.75, 3.05) is 0 Å². The van der Waals surface area contributed by atoms with Gasteiger partial charge in [-0.05, 0) is 17.7 Å². The van der Waals surface area contributed by atoms with Gasteiger partial charge in [-0.2, -0.15) is 0 Å². The fraction of sp³-hybridized carbons (Fsp3) is 0.133. The zero-order chi connectivity index (χ0) is 14.7. The number of carbonyl (C=O) groups is 1. The number of rotatable bonds is 4. The molecule has 4 N–H and O–H groups in total. The van der Waals surface area contributed by atoms with E-state index in [9.17, 15) is 25.2 Å². The van der Waals surface area contributed by atoms with Gasteiger partial charge < -0.3 is 25.2 Å². The van der Waals surface area contributed by atoms with Gasteiger partial charge in [-0.3, -0.25) is 0 Å². The second-order valence-corrected chi connectivity index (χ2v) is 4.44. The van der Waals surface area contributed by atoms with Crippen LogP contribution in [0, 0.1) is 0 Å². The van der Waals surface area contributed by atoms with Crippen LogP contribution in [0.15, 0.2) is 36.4 Å². The lowest BCUT2D eigenvalue weighted by atomic mass is 9.87. The van der Waals surface area contributed by atoms with Crippen LogP contribution in [0.5, 0.6) is 23.0 Å². The molecule has 2 aromatic rings. The van der Waals surface area contributed by atoms with Gasteiger partial charge in [-0.25, -0.2) is 0 Å². The fourth-order valence-corrected chi connectivity index (χ4v) is 2.19. The third-order valence-corrected chi connectivity index (χ3v) is 3.10. The third kappa shape index (κ3) is 2.66. The van der Waals surface area contributed by atoms with Crippen molar-refractivity contribution < 1.29 is 25.2 Å². The maximum atomic E-state index is 10.9. The molecule has 20 heavy (non-hydrogen) atoms. The molecule has 0 radical (unpaired) electrons. The Balaban J connectivity index is 2.54. The van der Waals surface area contributed by atoms with Crippen LogP contribution in [0.25, 0.3) is 0 Å². The number of carbonyl (C=O) groups excluding carboxylic acids is 1. The maximum Gasteiger partial charge on any atom is 0.126 e. The van der Waals surface area contributed by atoms with Crippen LogP contribution >= 0.6 is 0 Å². The van der Waals surface area contributed by atoms with E-state index in [1.165, 1.54) is 12.1 Å². The SMILES string of the molecule is O=CC[C@@H](c1ccc(O)cc1)c1c(O)cc(O)cc1O. The maximum absolute atomic E-state index is 10.9. The van der Waals surface area contributed by atoms with Crippen LogP contribution < -0.4 is 0 Å².